The van der Waals surface area contributed by atoms with Crippen LogP contribution >= 0.6 is 11.8 Å². The van der Waals surface area contributed by atoms with E-state index in [2.05, 4.69) is 25.7 Å². The summed E-state index contributed by atoms with van der Waals surface area (Å²) in [6, 6.07) is 0. The summed E-state index contributed by atoms with van der Waals surface area (Å²) in [4.78, 5) is 0. The van der Waals surface area contributed by atoms with Crippen molar-refractivity contribution in [1.82, 2.24) is 0 Å². The van der Waals surface area contributed by atoms with Gasteiger partial charge in [-0.1, -0.05) is 26.2 Å². The van der Waals surface area contributed by atoms with Crippen LogP contribution in [0.15, 0.2) is 0 Å². The van der Waals surface area contributed by atoms with Crippen LogP contribution in [0, 0.1) is 17.8 Å². The lowest BCUT2D eigenvalue weighted by Gasteiger charge is -2.04. The number of hydrogen-bond donors (Lipinski definition) is 0. The van der Waals surface area contributed by atoms with E-state index in [1.54, 1.807) is 0 Å². The van der Waals surface area contributed by atoms with Crippen LogP contribution in [-0.2, 0) is 0 Å². The molecular weight excluding hydrogens is 140 g/mol. The molecule has 1 unspecified atom stereocenters. The van der Waals surface area contributed by atoms with Gasteiger partial charge in [0.05, 0.1) is 5.75 Å². The zero-order valence-corrected chi connectivity index (χ0v) is 7.92. The Morgan fingerprint density at radius 3 is 2.70 bits per heavy atom. The molecule has 0 aliphatic heterocycles. The van der Waals surface area contributed by atoms with Gasteiger partial charge in [0.25, 0.3) is 0 Å². The molecule has 1 atom stereocenters. The molecule has 0 spiro atoms. The summed E-state index contributed by atoms with van der Waals surface area (Å²) in [6.45, 7) is 6.41. The fraction of sp³-hybridized carbons (Fsp3) is 0.778. The van der Waals surface area contributed by atoms with Gasteiger partial charge in [-0.3, -0.25) is 0 Å². The highest BCUT2D eigenvalue weighted by Gasteiger charge is 1.95. The highest BCUT2D eigenvalue weighted by molar-refractivity contribution is 7.99. The van der Waals surface area contributed by atoms with Crippen LogP contribution in [0.25, 0.3) is 0 Å². The zero-order chi connectivity index (χ0) is 7.82. The minimum atomic E-state index is 0.851. The normalized spacial score (nSPS) is 11.9. The average molecular weight is 156 g/mol. The van der Waals surface area contributed by atoms with Crippen molar-refractivity contribution in [2.45, 2.75) is 27.2 Å². The molecule has 0 heterocycles. The van der Waals surface area contributed by atoms with Gasteiger partial charge >= 0.3 is 0 Å². The summed E-state index contributed by atoms with van der Waals surface area (Å²) >= 11 is 1.94. The lowest BCUT2D eigenvalue weighted by molar-refractivity contribution is 0.637. The van der Waals surface area contributed by atoms with Crippen molar-refractivity contribution in [3.8, 4) is 11.8 Å². The summed E-state index contributed by atoms with van der Waals surface area (Å²) in [5, 5.41) is 0. The van der Waals surface area contributed by atoms with Crippen LogP contribution in [-0.4, -0.2) is 11.5 Å². The number of hydrogen-bond acceptors (Lipinski definition) is 1. The van der Waals surface area contributed by atoms with Gasteiger partial charge in [0.15, 0.2) is 0 Å². The van der Waals surface area contributed by atoms with Crippen LogP contribution in [0.1, 0.15) is 27.2 Å². The Bertz CT molecular complexity index is 118. The SMILES string of the molecule is CC#CCSCC(C)CC. The lowest BCUT2D eigenvalue weighted by Crippen LogP contribution is -1.95. The lowest BCUT2D eigenvalue weighted by atomic mass is 10.2. The third-order valence-corrected chi connectivity index (χ3v) is 2.60. The number of rotatable bonds is 4. The maximum atomic E-state index is 3.04. The summed E-state index contributed by atoms with van der Waals surface area (Å²) in [7, 11) is 0. The predicted octanol–water partition coefficient (Wildman–Crippen LogP) is 2.79. The van der Waals surface area contributed by atoms with Crippen molar-refractivity contribution in [3.63, 3.8) is 0 Å². The molecule has 0 N–H and O–H groups in total. The topological polar surface area (TPSA) is 0 Å². The third kappa shape index (κ3) is 6.04. The van der Waals surface area contributed by atoms with Crippen molar-refractivity contribution in [2.24, 2.45) is 5.92 Å². The van der Waals surface area contributed by atoms with E-state index in [1.807, 2.05) is 18.7 Å². The maximum absolute atomic E-state index is 3.04. The van der Waals surface area contributed by atoms with Crippen LogP contribution in [0.3, 0.4) is 0 Å². The fourth-order valence-corrected chi connectivity index (χ4v) is 1.50. The second-order valence-electron chi connectivity index (χ2n) is 2.46. The summed E-state index contributed by atoms with van der Waals surface area (Å²) in [5.74, 6) is 9.04. The minimum absolute atomic E-state index is 0.851. The van der Waals surface area contributed by atoms with Gasteiger partial charge < -0.3 is 0 Å². The van der Waals surface area contributed by atoms with Crippen LogP contribution < -0.4 is 0 Å². The van der Waals surface area contributed by atoms with E-state index in [4.69, 9.17) is 0 Å². The van der Waals surface area contributed by atoms with Gasteiger partial charge in [-0.05, 0) is 18.6 Å². The Morgan fingerprint density at radius 2 is 2.20 bits per heavy atom. The maximum Gasteiger partial charge on any atom is 0.0547 e. The monoisotopic (exact) mass is 156 g/mol. The molecule has 0 radical (unpaired) electrons. The van der Waals surface area contributed by atoms with E-state index in [1.165, 1.54) is 12.2 Å². The highest BCUT2D eigenvalue weighted by atomic mass is 32.2. The zero-order valence-electron chi connectivity index (χ0n) is 7.11. The van der Waals surface area contributed by atoms with E-state index in [9.17, 15) is 0 Å². The minimum Gasteiger partial charge on any atom is -0.149 e. The van der Waals surface area contributed by atoms with E-state index in [0.717, 1.165) is 11.7 Å². The standard InChI is InChI=1S/C9H16S/c1-4-6-7-10-8-9(3)5-2/h9H,5,7-8H2,1-3H3. The largest absolute Gasteiger partial charge is 0.149 e. The Balaban J connectivity index is 3.08. The van der Waals surface area contributed by atoms with Crippen LogP contribution in [0.4, 0.5) is 0 Å². The molecule has 0 aromatic heterocycles. The molecule has 10 heavy (non-hydrogen) atoms. The first-order valence-electron chi connectivity index (χ1n) is 3.78. The van der Waals surface area contributed by atoms with Crippen LogP contribution in [0.2, 0.25) is 0 Å². The van der Waals surface area contributed by atoms with Gasteiger partial charge in [0.1, 0.15) is 0 Å². The molecule has 0 fully saturated rings. The first-order chi connectivity index (χ1) is 4.81. The van der Waals surface area contributed by atoms with Crippen LogP contribution in [0.5, 0.6) is 0 Å². The van der Waals surface area contributed by atoms with Gasteiger partial charge in [0.2, 0.25) is 0 Å². The highest BCUT2D eigenvalue weighted by Crippen LogP contribution is 2.09. The molecular formula is C9H16S. The smallest absolute Gasteiger partial charge is 0.0547 e. The van der Waals surface area contributed by atoms with Crippen molar-refractivity contribution in [1.29, 1.82) is 0 Å². The molecule has 0 aromatic rings. The Labute approximate surface area is 68.8 Å². The molecule has 0 bridgehead atoms. The van der Waals surface area contributed by atoms with E-state index < -0.39 is 0 Å². The van der Waals surface area contributed by atoms with Crippen molar-refractivity contribution >= 4 is 11.8 Å². The second-order valence-corrected chi connectivity index (χ2v) is 3.49. The van der Waals surface area contributed by atoms with Gasteiger partial charge in [-0.2, -0.15) is 0 Å². The first kappa shape index (κ1) is 9.91. The molecule has 58 valence electrons. The second kappa shape index (κ2) is 7.02. The Morgan fingerprint density at radius 1 is 1.50 bits per heavy atom. The van der Waals surface area contributed by atoms with Crippen molar-refractivity contribution in [2.75, 3.05) is 11.5 Å². The van der Waals surface area contributed by atoms with E-state index in [-0.39, 0.29) is 0 Å². The van der Waals surface area contributed by atoms with E-state index >= 15 is 0 Å². The fourth-order valence-electron chi connectivity index (χ4n) is 0.501. The van der Waals surface area contributed by atoms with Gasteiger partial charge in [-0.25, -0.2) is 0 Å². The molecule has 1 heteroatoms. The van der Waals surface area contributed by atoms with Crippen molar-refractivity contribution in [3.05, 3.63) is 0 Å². The molecule has 0 aliphatic rings. The van der Waals surface area contributed by atoms with Crippen molar-refractivity contribution < 1.29 is 0 Å². The summed E-state index contributed by atoms with van der Waals surface area (Å²) in [6.07, 6.45) is 1.28. The molecule has 0 saturated carbocycles. The molecule has 0 nitrogen and oxygen atoms in total. The van der Waals surface area contributed by atoms with Gasteiger partial charge in [-0.15, -0.1) is 17.7 Å². The summed E-state index contributed by atoms with van der Waals surface area (Å²) in [5.41, 5.74) is 0. The Kier molecular flexibility index (Phi) is 6.96. The molecule has 0 rings (SSSR count). The predicted molar refractivity (Wildman–Crippen MR) is 50.2 cm³/mol. The number of thioether (sulfide) groups is 1. The molecule has 0 saturated heterocycles. The first-order valence-corrected chi connectivity index (χ1v) is 4.94. The molecule has 0 aliphatic carbocycles. The molecule has 0 aromatic carbocycles. The van der Waals surface area contributed by atoms with E-state index in [0.29, 0.717) is 0 Å². The quantitative estimate of drug-likeness (QED) is 0.445. The Hall–Kier alpha value is -0.0900. The third-order valence-electron chi connectivity index (χ3n) is 1.45. The average Bonchev–Trinajstić information content (AvgIpc) is 1.98. The summed E-state index contributed by atoms with van der Waals surface area (Å²) < 4.78 is 0. The van der Waals surface area contributed by atoms with Gasteiger partial charge in [0, 0.05) is 0 Å². The molecule has 0 amide bonds.